The first-order chi connectivity index (χ1) is 11.2. The van der Waals surface area contributed by atoms with Crippen molar-refractivity contribution in [1.29, 1.82) is 0 Å². The number of hydrogen-bond donors (Lipinski definition) is 0. The molecular weight excluding hydrogens is 328 g/mol. The Morgan fingerprint density at radius 3 is 2.38 bits per heavy atom. The van der Waals surface area contributed by atoms with Crippen LogP contribution in [0.25, 0.3) is 0 Å². The van der Waals surface area contributed by atoms with Crippen LogP contribution in [0.1, 0.15) is 46.1 Å². The maximum atomic E-state index is 12.2. The number of ether oxygens (including phenoxy) is 2. The van der Waals surface area contributed by atoms with Gasteiger partial charge in [-0.1, -0.05) is 26.0 Å². The van der Waals surface area contributed by atoms with Crippen molar-refractivity contribution < 1.29 is 19.1 Å². The lowest BCUT2D eigenvalue weighted by Crippen LogP contribution is -2.34. The summed E-state index contributed by atoms with van der Waals surface area (Å²) in [5.41, 5.74) is 1.09. The molecule has 0 bridgehead atoms. The number of carbonyl (C=O) groups excluding carboxylic acids is 2. The highest BCUT2D eigenvalue weighted by Gasteiger charge is 2.22. The molecule has 0 aliphatic heterocycles. The zero-order valence-corrected chi connectivity index (χ0v) is 15.9. The smallest absolute Gasteiger partial charge is 0.426 e. The highest BCUT2D eigenvalue weighted by Crippen LogP contribution is 2.22. The molecule has 0 N–H and O–H groups in total. The van der Waals surface area contributed by atoms with Gasteiger partial charge in [-0.25, -0.2) is 18.2 Å². The topological polar surface area (TPSA) is 59.1 Å². The molecule has 0 aromatic heterocycles. The predicted molar refractivity (Wildman–Crippen MR) is 95.9 cm³/mol. The molecule has 0 spiro atoms. The van der Waals surface area contributed by atoms with Crippen LogP contribution in [0.15, 0.2) is 24.3 Å². The average molecular weight is 354 g/mol. The Morgan fingerprint density at radius 1 is 1.17 bits per heavy atom. The van der Waals surface area contributed by atoms with Gasteiger partial charge in [-0.15, -0.1) is 0 Å². The van der Waals surface area contributed by atoms with Crippen molar-refractivity contribution in [2.45, 2.75) is 46.6 Å². The third-order valence-electron chi connectivity index (χ3n) is 3.04. The number of benzene rings is 1. The molecule has 7 heteroatoms. The molecule has 1 aromatic carbocycles. The fourth-order valence-electron chi connectivity index (χ4n) is 1.76. The number of amides is 2. The number of carbonyl (C=O) groups is 2. The van der Waals surface area contributed by atoms with Gasteiger partial charge in [-0.2, -0.15) is 0 Å². The van der Waals surface area contributed by atoms with E-state index in [0.29, 0.717) is 18.2 Å². The third-order valence-corrected chi connectivity index (χ3v) is 4.03. The van der Waals surface area contributed by atoms with Crippen LogP contribution in [0.3, 0.4) is 0 Å². The predicted octanol–water partition coefficient (Wildman–Crippen LogP) is 4.67. The first-order valence-corrected chi connectivity index (χ1v) is 8.69. The second kappa shape index (κ2) is 9.42. The van der Waals surface area contributed by atoms with Gasteiger partial charge in [0.25, 0.3) is 0 Å². The van der Waals surface area contributed by atoms with Crippen LogP contribution in [-0.2, 0) is 4.74 Å². The molecule has 0 atom stereocenters. The third kappa shape index (κ3) is 6.31. The molecule has 0 heterocycles. The number of hydrogen-bond acceptors (Lipinski definition) is 5. The molecule has 24 heavy (non-hydrogen) atoms. The summed E-state index contributed by atoms with van der Waals surface area (Å²) in [6, 6.07) is 7.41. The minimum Gasteiger partial charge on any atom is -0.446 e. The van der Waals surface area contributed by atoms with Crippen LogP contribution in [0.4, 0.5) is 9.59 Å². The molecular formula is C17H26N2O4S. The van der Waals surface area contributed by atoms with Crippen LogP contribution < -0.4 is 4.74 Å². The maximum Gasteiger partial charge on any atom is 0.426 e. The Morgan fingerprint density at radius 2 is 1.83 bits per heavy atom. The van der Waals surface area contributed by atoms with Crippen molar-refractivity contribution in [2.75, 3.05) is 13.6 Å². The van der Waals surface area contributed by atoms with Crippen molar-refractivity contribution in [2.24, 2.45) is 0 Å². The SMILES string of the molecule is CCN(SN(C)C(=O)Oc1cccc(C(C)C)c1)C(=O)OC(C)C. The van der Waals surface area contributed by atoms with E-state index in [-0.39, 0.29) is 6.10 Å². The molecule has 0 radical (unpaired) electrons. The lowest BCUT2D eigenvalue weighted by Gasteiger charge is -2.24. The van der Waals surface area contributed by atoms with E-state index in [0.717, 1.165) is 17.7 Å². The molecule has 1 rings (SSSR count). The van der Waals surface area contributed by atoms with Gasteiger partial charge in [-0.3, -0.25) is 0 Å². The van der Waals surface area contributed by atoms with E-state index < -0.39 is 12.2 Å². The highest BCUT2D eigenvalue weighted by molar-refractivity contribution is 7.95. The summed E-state index contributed by atoms with van der Waals surface area (Å²) < 4.78 is 13.1. The number of rotatable bonds is 6. The summed E-state index contributed by atoms with van der Waals surface area (Å²) >= 11 is 0.950. The van der Waals surface area contributed by atoms with E-state index in [4.69, 9.17) is 9.47 Å². The van der Waals surface area contributed by atoms with E-state index in [1.165, 1.54) is 8.61 Å². The minimum atomic E-state index is -0.559. The summed E-state index contributed by atoms with van der Waals surface area (Å²) in [6.45, 7) is 9.90. The molecule has 134 valence electrons. The Labute approximate surface area is 148 Å². The summed E-state index contributed by atoms with van der Waals surface area (Å²) in [4.78, 5) is 24.1. The Hall–Kier alpha value is -1.89. The largest absolute Gasteiger partial charge is 0.446 e. The average Bonchev–Trinajstić information content (AvgIpc) is 2.51. The molecule has 1 aromatic rings. The van der Waals surface area contributed by atoms with Crippen molar-refractivity contribution in [1.82, 2.24) is 8.61 Å². The van der Waals surface area contributed by atoms with Gasteiger partial charge in [0.2, 0.25) is 0 Å². The molecule has 2 amide bonds. The van der Waals surface area contributed by atoms with Crippen molar-refractivity contribution >= 4 is 24.3 Å². The zero-order valence-electron chi connectivity index (χ0n) is 15.1. The van der Waals surface area contributed by atoms with E-state index in [2.05, 4.69) is 13.8 Å². The van der Waals surface area contributed by atoms with Crippen molar-refractivity contribution in [3.8, 4) is 5.75 Å². The van der Waals surface area contributed by atoms with Crippen LogP contribution >= 0.6 is 12.1 Å². The first-order valence-electron chi connectivity index (χ1n) is 7.96. The van der Waals surface area contributed by atoms with Gasteiger partial charge in [0.15, 0.2) is 0 Å². The van der Waals surface area contributed by atoms with E-state index in [1.807, 2.05) is 18.2 Å². The zero-order chi connectivity index (χ0) is 18.3. The highest BCUT2D eigenvalue weighted by atomic mass is 32.2. The standard InChI is InChI=1S/C17H26N2O4S/c1-7-19(17(21)22-13(4)5)24-18(6)16(20)23-15-10-8-9-14(11-15)12(2)3/h8-13H,7H2,1-6H3. The van der Waals surface area contributed by atoms with E-state index in [1.54, 1.807) is 33.9 Å². The van der Waals surface area contributed by atoms with Gasteiger partial charge < -0.3 is 9.47 Å². The van der Waals surface area contributed by atoms with Crippen LogP contribution in [-0.4, -0.2) is 40.5 Å². The summed E-state index contributed by atoms with van der Waals surface area (Å²) in [7, 11) is 1.55. The summed E-state index contributed by atoms with van der Waals surface area (Å²) in [5, 5.41) is 0. The molecule has 0 fully saturated rings. The van der Waals surface area contributed by atoms with Crippen LogP contribution in [0.5, 0.6) is 5.75 Å². The van der Waals surface area contributed by atoms with Crippen molar-refractivity contribution in [3.63, 3.8) is 0 Å². The lowest BCUT2D eigenvalue weighted by atomic mass is 10.0. The van der Waals surface area contributed by atoms with E-state index in [9.17, 15) is 9.59 Å². The minimum absolute atomic E-state index is 0.219. The van der Waals surface area contributed by atoms with Gasteiger partial charge in [0.05, 0.1) is 18.2 Å². The molecule has 0 aliphatic rings. The van der Waals surface area contributed by atoms with Crippen LogP contribution in [0, 0.1) is 0 Å². The second-order valence-corrected chi connectivity index (χ2v) is 6.95. The Balaban J connectivity index is 2.66. The van der Waals surface area contributed by atoms with Gasteiger partial charge in [0.1, 0.15) is 5.75 Å². The molecule has 0 aliphatic carbocycles. The molecule has 0 saturated heterocycles. The fraction of sp³-hybridized carbons (Fsp3) is 0.529. The van der Waals surface area contributed by atoms with Crippen LogP contribution in [0.2, 0.25) is 0 Å². The number of nitrogens with zero attached hydrogens (tertiary/aromatic N) is 2. The Kier molecular flexibility index (Phi) is 7.91. The fourth-order valence-corrected chi connectivity index (χ4v) is 2.39. The maximum absolute atomic E-state index is 12.2. The Bertz CT molecular complexity index is 563. The second-order valence-electron chi connectivity index (χ2n) is 5.80. The summed E-state index contributed by atoms with van der Waals surface area (Å²) in [5.74, 6) is 0.823. The molecule has 0 saturated carbocycles. The molecule has 6 nitrogen and oxygen atoms in total. The molecule has 0 unspecified atom stereocenters. The van der Waals surface area contributed by atoms with Crippen molar-refractivity contribution in [3.05, 3.63) is 29.8 Å². The van der Waals surface area contributed by atoms with Gasteiger partial charge >= 0.3 is 12.2 Å². The monoisotopic (exact) mass is 354 g/mol. The summed E-state index contributed by atoms with van der Waals surface area (Å²) in [6.07, 6.45) is -1.26. The van der Waals surface area contributed by atoms with E-state index >= 15 is 0 Å². The normalized spacial score (nSPS) is 10.7. The van der Waals surface area contributed by atoms with Gasteiger partial charge in [0, 0.05) is 13.6 Å². The van der Waals surface area contributed by atoms with Gasteiger partial charge in [-0.05, 0) is 44.4 Å². The lowest BCUT2D eigenvalue weighted by molar-refractivity contribution is 0.0992. The quantitative estimate of drug-likeness (QED) is 0.695. The first kappa shape index (κ1) is 20.2.